The van der Waals surface area contributed by atoms with E-state index in [1.54, 1.807) is 18.6 Å². The van der Waals surface area contributed by atoms with Crippen LogP contribution in [0.1, 0.15) is 18.2 Å². The van der Waals surface area contributed by atoms with E-state index in [2.05, 4.69) is 49.1 Å². The molecule has 1 N–H and O–H groups in total. The molecule has 0 amide bonds. The molecule has 1 aliphatic rings. The minimum atomic E-state index is 0. The summed E-state index contributed by atoms with van der Waals surface area (Å²) in [7, 11) is 0. The Balaban J connectivity index is 0.00000306. The third kappa shape index (κ3) is 7.28. The molecule has 3 aromatic rings. The first-order valence-corrected chi connectivity index (χ1v) is 11.0. The molecule has 0 bridgehead atoms. The Morgan fingerprint density at radius 2 is 1.67 bits per heavy atom. The fourth-order valence-electron chi connectivity index (χ4n) is 3.50. The number of rotatable bonds is 7. The van der Waals surface area contributed by atoms with Crippen molar-refractivity contribution in [3.63, 3.8) is 0 Å². The summed E-state index contributed by atoms with van der Waals surface area (Å²) < 4.78 is 5.82. The first-order valence-electron chi connectivity index (χ1n) is 11.0. The Hall–Kier alpha value is -2.95. The van der Waals surface area contributed by atoms with Gasteiger partial charge >= 0.3 is 0 Å². The molecule has 3 heterocycles. The molecule has 0 spiro atoms. The zero-order chi connectivity index (χ0) is 22.0. The lowest BCUT2D eigenvalue weighted by molar-refractivity contribution is 0.301. The predicted molar refractivity (Wildman–Crippen MR) is 141 cm³/mol. The molecule has 1 aliphatic heterocycles. The maximum Gasteiger partial charge on any atom is 0.225 e. The molecule has 0 unspecified atom stereocenters. The van der Waals surface area contributed by atoms with Crippen molar-refractivity contribution in [1.82, 2.24) is 25.2 Å². The molecule has 1 aromatic carbocycles. The van der Waals surface area contributed by atoms with Crippen molar-refractivity contribution in [3.8, 4) is 5.75 Å². The Labute approximate surface area is 212 Å². The van der Waals surface area contributed by atoms with Gasteiger partial charge in [-0.05, 0) is 42.8 Å². The second kappa shape index (κ2) is 12.9. The Morgan fingerprint density at radius 1 is 0.939 bits per heavy atom. The third-order valence-electron chi connectivity index (χ3n) is 5.20. The van der Waals surface area contributed by atoms with Crippen LogP contribution in [0.3, 0.4) is 0 Å². The minimum absolute atomic E-state index is 0. The lowest BCUT2D eigenvalue weighted by atomic mass is 10.2. The lowest BCUT2D eigenvalue weighted by Crippen LogP contribution is -2.52. The quantitative estimate of drug-likeness (QED) is 0.270. The number of ether oxygens (including phenoxy) is 1. The maximum absolute atomic E-state index is 5.82. The number of halogens is 1. The highest BCUT2D eigenvalue weighted by Crippen LogP contribution is 2.15. The molecule has 1 fully saturated rings. The standard InChI is InChI=1S/C24H29N7O.HI/c1-2-25-23(30-14-16-31(17-15-30)24-27-12-5-13-28-24)29-18-20-7-9-22(10-8-20)32-19-21-6-3-4-11-26-21;/h3-13H,2,14-19H2,1H3,(H,25,29);1H. The summed E-state index contributed by atoms with van der Waals surface area (Å²) in [6.45, 7) is 7.51. The summed E-state index contributed by atoms with van der Waals surface area (Å²) in [4.78, 5) is 22.4. The van der Waals surface area contributed by atoms with Crippen LogP contribution >= 0.6 is 24.0 Å². The number of pyridine rings is 1. The number of guanidine groups is 1. The predicted octanol–water partition coefficient (Wildman–Crippen LogP) is 3.36. The summed E-state index contributed by atoms with van der Waals surface area (Å²) in [5, 5.41) is 3.42. The van der Waals surface area contributed by atoms with Crippen molar-refractivity contribution >= 4 is 35.9 Å². The summed E-state index contributed by atoms with van der Waals surface area (Å²) in [5.41, 5.74) is 2.05. The normalized spacial score (nSPS) is 13.9. The van der Waals surface area contributed by atoms with E-state index in [-0.39, 0.29) is 24.0 Å². The second-order valence-electron chi connectivity index (χ2n) is 7.45. The summed E-state index contributed by atoms with van der Waals surface area (Å²) in [6, 6.07) is 15.8. The molecule has 33 heavy (non-hydrogen) atoms. The van der Waals surface area contributed by atoms with Gasteiger partial charge in [0.05, 0.1) is 12.2 Å². The van der Waals surface area contributed by atoms with E-state index in [9.17, 15) is 0 Å². The van der Waals surface area contributed by atoms with Crippen LogP contribution in [0.5, 0.6) is 5.75 Å². The zero-order valence-corrected chi connectivity index (χ0v) is 21.1. The van der Waals surface area contributed by atoms with Crippen LogP contribution in [0.15, 0.2) is 72.1 Å². The van der Waals surface area contributed by atoms with Crippen LogP contribution in [0.2, 0.25) is 0 Å². The van der Waals surface area contributed by atoms with E-state index in [0.29, 0.717) is 13.2 Å². The van der Waals surface area contributed by atoms with Crippen LogP contribution in [0.4, 0.5) is 5.95 Å². The van der Waals surface area contributed by atoms with Crippen molar-refractivity contribution in [1.29, 1.82) is 0 Å². The number of nitrogens with zero attached hydrogens (tertiary/aromatic N) is 6. The minimum Gasteiger partial charge on any atom is -0.487 e. The van der Waals surface area contributed by atoms with Gasteiger partial charge < -0.3 is 19.9 Å². The SMILES string of the molecule is CCNC(=NCc1ccc(OCc2ccccn2)cc1)N1CCN(c2ncccn2)CC1.I. The topological polar surface area (TPSA) is 78.8 Å². The van der Waals surface area contributed by atoms with Crippen molar-refractivity contribution in [3.05, 3.63) is 78.4 Å². The van der Waals surface area contributed by atoms with Crippen LogP contribution in [0.25, 0.3) is 0 Å². The number of anilines is 1. The first-order chi connectivity index (χ1) is 15.8. The lowest BCUT2D eigenvalue weighted by Gasteiger charge is -2.36. The first kappa shape index (κ1) is 24.7. The summed E-state index contributed by atoms with van der Waals surface area (Å²) >= 11 is 0. The molecule has 0 atom stereocenters. The smallest absolute Gasteiger partial charge is 0.225 e. The Kier molecular flexibility index (Phi) is 9.67. The Bertz CT molecular complexity index is 979. The average Bonchev–Trinajstić information content (AvgIpc) is 2.87. The van der Waals surface area contributed by atoms with Crippen molar-refractivity contribution in [2.45, 2.75) is 20.1 Å². The molecule has 0 radical (unpaired) electrons. The molecule has 2 aromatic heterocycles. The van der Waals surface area contributed by atoms with Crippen LogP contribution in [0, 0.1) is 0 Å². The molecular formula is C24H30IN7O. The third-order valence-corrected chi connectivity index (χ3v) is 5.20. The number of benzene rings is 1. The van der Waals surface area contributed by atoms with Gasteiger partial charge in [0, 0.05) is 51.3 Å². The largest absolute Gasteiger partial charge is 0.487 e. The molecule has 1 saturated heterocycles. The number of aromatic nitrogens is 3. The average molecular weight is 559 g/mol. The van der Waals surface area contributed by atoms with Gasteiger partial charge in [0.2, 0.25) is 5.95 Å². The van der Waals surface area contributed by atoms with Gasteiger partial charge in [-0.15, -0.1) is 24.0 Å². The highest BCUT2D eigenvalue weighted by atomic mass is 127. The van der Waals surface area contributed by atoms with E-state index in [1.165, 1.54) is 0 Å². The molecule has 9 heteroatoms. The monoisotopic (exact) mass is 559 g/mol. The number of nitrogens with one attached hydrogen (secondary N) is 1. The second-order valence-corrected chi connectivity index (χ2v) is 7.45. The number of aliphatic imine (C=N–C) groups is 1. The van der Waals surface area contributed by atoms with Crippen LogP contribution in [-0.4, -0.2) is 58.5 Å². The van der Waals surface area contributed by atoms with E-state index in [4.69, 9.17) is 9.73 Å². The van der Waals surface area contributed by atoms with Gasteiger partial charge in [-0.3, -0.25) is 4.98 Å². The molecule has 8 nitrogen and oxygen atoms in total. The van der Waals surface area contributed by atoms with Gasteiger partial charge in [0.1, 0.15) is 12.4 Å². The fourth-order valence-corrected chi connectivity index (χ4v) is 3.50. The fraction of sp³-hybridized carbons (Fsp3) is 0.333. The van der Waals surface area contributed by atoms with E-state index in [1.807, 2.05) is 36.4 Å². The maximum atomic E-state index is 5.82. The highest BCUT2D eigenvalue weighted by molar-refractivity contribution is 14.0. The molecule has 0 aliphatic carbocycles. The van der Waals surface area contributed by atoms with E-state index >= 15 is 0 Å². The van der Waals surface area contributed by atoms with Crippen molar-refractivity contribution in [2.24, 2.45) is 4.99 Å². The molecule has 174 valence electrons. The van der Waals surface area contributed by atoms with Gasteiger partial charge in [0.15, 0.2) is 5.96 Å². The molecule has 0 saturated carbocycles. The van der Waals surface area contributed by atoms with Gasteiger partial charge in [-0.2, -0.15) is 0 Å². The zero-order valence-electron chi connectivity index (χ0n) is 18.8. The summed E-state index contributed by atoms with van der Waals surface area (Å²) in [5.74, 6) is 2.56. The van der Waals surface area contributed by atoms with Crippen molar-refractivity contribution in [2.75, 3.05) is 37.6 Å². The number of hydrogen-bond donors (Lipinski definition) is 1. The number of piperazine rings is 1. The van der Waals surface area contributed by atoms with E-state index < -0.39 is 0 Å². The Morgan fingerprint density at radius 3 is 2.33 bits per heavy atom. The van der Waals surface area contributed by atoms with E-state index in [0.717, 1.165) is 61.6 Å². The molecule has 4 rings (SSSR count). The highest BCUT2D eigenvalue weighted by Gasteiger charge is 2.21. The van der Waals surface area contributed by atoms with Crippen LogP contribution < -0.4 is 15.0 Å². The summed E-state index contributed by atoms with van der Waals surface area (Å²) in [6.07, 6.45) is 5.35. The van der Waals surface area contributed by atoms with Crippen molar-refractivity contribution < 1.29 is 4.74 Å². The van der Waals surface area contributed by atoms with Crippen LogP contribution in [-0.2, 0) is 13.2 Å². The molecular weight excluding hydrogens is 529 g/mol. The number of hydrogen-bond acceptors (Lipinski definition) is 6. The van der Waals surface area contributed by atoms with Gasteiger partial charge in [0.25, 0.3) is 0 Å². The van der Waals surface area contributed by atoms with Gasteiger partial charge in [-0.1, -0.05) is 18.2 Å². The van der Waals surface area contributed by atoms with Gasteiger partial charge in [-0.25, -0.2) is 15.0 Å².